The molecular formula is C19H27N7O. The van der Waals surface area contributed by atoms with E-state index in [1.54, 1.807) is 10.9 Å². The monoisotopic (exact) mass is 369 g/mol. The lowest BCUT2D eigenvalue weighted by atomic mass is 9.99. The van der Waals surface area contributed by atoms with Crippen LogP contribution >= 0.6 is 0 Å². The molecule has 8 nitrogen and oxygen atoms in total. The Kier molecular flexibility index (Phi) is 5.33. The highest BCUT2D eigenvalue weighted by Gasteiger charge is 2.24. The molecule has 0 spiro atoms. The zero-order valence-electron chi connectivity index (χ0n) is 15.9. The summed E-state index contributed by atoms with van der Waals surface area (Å²) >= 11 is 0. The predicted molar refractivity (Wildman–Crippen MR) is 103 cm³/mol. The van der Waals surface area contributed by atoms with Crippen LogP contribution in [0.15, 0.2) is 30.6 Å². The normalized spacial score (nSPS) is 19.4. The third kappa shape index (κ3) is 4.27. The van der Waals surface area contributed by atoms with Crippen molar-refractivity contribution in [2.75, 3.05) is 50.7 Å². The molecule has 2 fully saturated rings. The molecule has 0 aromatic carbocycles. The Bertz CT molecular complexity index is 730. The van der Waals surface area contributed by atoms with Crippen LogP contribution in [0, 0.1) is 5.92 Å². The Morgan fingerprint density at radius 1 is 1.04 bits per heavy atom. The minimum atomic E-state index is 0.277. The van der Waals surface area contributed by atoms with Gasteiger partial charge in [0.2, 0.25) is 5.91 Å². The second-order valence-corrected chi connectivity index (χ2v) is 7.53. The van der Waals surface area contributed by atoms with E-state index in [1.807, 2.05) is 29.3 Å². The summed E-state index contributed by atoms with van der Waals surface area (Å²) in [5, 5.41) is 12.8. The van der Waals surface area contributed by atoms with Gasteiger partial charge in [0.25, 0.3) is 0 Å². The van der Waals surface area contributed by atoms with Crippen LogP contribution in [0.2, 0.25) is 0 Å². The van der Waals surface area contributed by atoms with Crippen molar-refractivity contribution >= 4 is 11.7 Å². The number of aromatic nitrogens is 4. The lowest BCUT2D eigenvalue weighted by molar-refractivity contribution is -0.133. The van der Waals surface area contributed by atoms with Gasteiger partial charge in [0, 0.05) is 51.7 Å². The summed E-state index contributed by atoms with van der Waals surface area (Å²) in [6.07, 6.45) is 5.84. The smallest absolute Gasteiger partial charge is 0.236 e. The number of rotatable bonds is 4. The molecule has 0 saturated carbocycles. The van der Waals surface area contributed by atoms with Crippen LogP contribution in [0.4, 0.5) is 5.82 Å². The topological polar surface area (TPSA) is 70.4 Å². The summed E-state index contributed by atoms with van der Waals surface area (Å²) in [6.45, 7) is 8.10. The van der Waals surface area contributed by atoms with Crippen molar-refractivity contribution in [3.63, 3.8) is 0 Å². The van der Waals surface area contributed by atoms with E-state index < -0.39 is 0 Å². The quantitative estimate of drug-likeness (QED) is 0.802. The van der Waals surface area contributed by atoms with Crippen molar-refractivity contribution in [2.45, 2.75) is 19.8 Å². The van der Waals surface area contributed by atoms with E-state index in [0.717, 1.165) is 63.8 Å². The molecule has 0 N–H and O–H groups in total. The fraction of sp³-hybridized carbons (Fsp3) is 0.579. The van der Waals surface area contributed by atoms with E-state index in [2.05, 4.69) is 32.0 Å². The molecule has 0 unspecified atom stereocenters. The number of nitrogens with zero attached hydrogens (tertiary/aromatic N) is 7. The maximum atomic E-state index is 12.5. The van der Waals surface area contributed by atoms with Crippen molar-refractivity contribution < 1.29 is 4.79 Å². The highest BCUT2D eigenvalue weighted by atomic mass is 16.2. The number of likely N-dealkylation sites (tertiary alicyclic amines) is 1. The van der Waals surface area contributed by atoms with Crippen LogP contribution in [0.3, 0.4) is 0 Å². The number of anilines is 1. The van der Waals surface area contributed by atoms with Gasteiger partial charge < -0.3 is 9.80 Å². The van der Waals surface area contributed by atoms with Gasteiger partial charge in [-0.25, -0.2) is 4.68 Å². The van der Waals surface area contributed by atoms with Gasteiger partial charge >= 0.3 is 0 Å². The Morgan fingerprint density at radius 2 is 1.74 bits per heavy atom. The molecule has 0 aliphatic carbocycles. The van der Waals surface area contributed by atoms with Gasteiger partial charge in [-0.3, -0.25) is 9.69 Å². The maximum absolute atomic E-state index is 12.5. The average molecular weight is 369 g/mol. The first-order valence-corrected chi connectivity index (χ1v) is 9.78. The van der Waals surface area contributed by atoms with E-state index in [0.29, 0.717) is 12.4 Å². The van der Waals surface area contributed by atoms with E-state index in [-0.39, 0.29) is 5.91 Å². The number of piperidine rings is 1. The number of hydrogen-bond acceptors (Lipinski definition) is 6. The van der Waals surface area contributed by atoms with Gasteiger partial charge in [0.1, 0.15) is 0 Å². The Hall–Kier alpha value is -2.48. The van der Waals surface area contributed by atoms with Crippen molar-refractivity contribution in [3.05, 3.63) is 30.6 Å². The van der Waals surface area contributed by atoms with Gasteiger partial charge in [-0.05, 0) is 37.0 Å². The minimum absolute atomic E-state index is 0.277. The molecule has 4 rings (SSSR count). The fourth-order valence-electron chi connectivity index (χ4n) is 3.70. The fourth-order valence-corrected chi connectivity index (χ4v) is 3.70. The van der Waals surface area contributed by atoms with Crippen molar-refractivity contribution in [1.82, 2.24) is 29.8 Å². The summed E-state index contributed by atoms with van der Waals surface area (Å²) < 4.78 is 1.70. The van der Waals surface area contributed by atoms with Gasteiger partial charge in [0.15, 0.2) is 11.6 Å². The van der Waals surface area contributed by atoms with Gasteiger partial charge in [-0.15, -0.1) is 10.2 Å². The van der Waals surface area contributed by atoms with Crippen molar-refractivity contribution in [3.8, 4) is 5.82 Å². The Balaban J connectivity index is 1.27. The van der Waals surface area contributed by atoms with Gasteiger partial charge in [-0.1, -0.05) is 6.92 Å². The summed E-state index contributed by atoms with van der Waals surface area (Å²) in [4.78, 5) is 19.0. The molecular weight excluding hydrogens is 342 g/mol. The first-order valence-electron chi connectivity index (χ1n) is 9.78. The number of carbonyl (C=O) groups is 1. The molecule has 2 aliphatic heterocycles. The largest absolute Gasteiger partial charge is 0.353 e. The number of hydrogen-bond donors (Lipinski definition) is 0. The van der Waals surface area contributed by atoms with Crippen LogP contribution in [0.1, 0.15) is 19.8 Å². The second-order valence-electron chi connectivity index (χ2n) is 7.53. The summed E-state index contributed by atoms with van der Waals surface area (Å²) in [6, 6.07) is 5.78. The van der Waals surface area contributed by atoms with Crippen LogP contribution in [0.5, 0.6) is 0 Å². The number of carbonyl (C=O) groups excluding carboxylic acids is 1. The lowest BCUT2D eigenvalue weighted by Crippen LogP contribution is -2.51. The second kappa shape index (κ2) is 8.04. The molecule has 0 radical (unpaired) electrons. The molecule has 2 saturated heterocycles. The van der Waals surface area contributed by atoms with Crippen LogP contribution in [0.25, 0.3) is 5.82 Å². The van der Waals surface area contributed by atoms with Crippen LogP contribution in [-0.2, 0) is 4.79 Å². The molecule has 4 heterocycles. The van der Waals surface area contributed by atoms with E-state index in [4.69, 9.17) is 0 Å². The van der Waals surface area contributed by atoms with Gasteiger partial charge in [0.05, 0.1) is 6.54 Å². The van der Waals surface area contributed by atoms with E-state index >= 15 is 0 Å². The third-order valence-corrected chi connectivity index (χ3v) is 5.57. The molecule has 1 amide bonds. The highest BCUT2D eigenvalue weighted by Crippen LogP contribution is 2.17. The van der Waals surface area contributed by atoms with Crippen LogP contribution in [-0.4, -0.2) is 81.5 Å². The number of amides is 1. The molecule has 144 valence electrons. The molecule has 2 aromatic heterocycles. The van der Waals surface area contributed by atoms with E-state index in [1.165, 1.54) is 0 Å². The first kappa shape index (κ1) is 17.9. The molecule has 0 bridgehead atoms. The average Bonchev–Trinajstić information content (AvgIpc) is 3.24. The summed E-state index contributed by atoms with van der Waals surface area (Å²) in [7, 11) is 0. The Labute approximate surface area is 159 Å². The van der Waals surface area contributed by atoms with Gasteiger partial charge in [-0.2, -0.15) is 5.10 Å². The molecule has 2 aliphatic rings. The van der Waals surface area contributed by atoms with Crippen molar-refractivity contribution in [2.24, 2.45) is 5.92 Å². The zero-order valence-corrected chi connectivity index (χ0v) is 15.9. The molecule has 0 atom stereocenters. The number of piperazine rings is 1. The lowest BCUT2D eigenvalue weighted by Gasteiger charge is -2.37. The van der Waals surface area contributed by atoms with Crippen molar-refractivity contribution in [1.29, 1.82) is 0 Å². The zero-order chi connectivity index (χ0) is 18.6. The molecule has 8 heteroatoms. The molecule has 2 aromatic rings. The predicted octanol–water partition coefficient (Wildman–Crippen LogP) is 1.04. The first-order chi connectivity index (χ1) is 13.2. The third-order valence-electron chi connectivity index (χ3n) is 5.57. The highest BCUT2D eigenvalue weighted by molar-refractivity contribution is 5.78. The molecule has 27 heavy (non-hydrogen) atoms. The SMILES string of the molecule is CC1CCN(C(=O)CN2CCN(c3ccc(-n4cccn4)nn3)CC2)CC1. The summed E-state index contributed by atoms with van der Waals surface area (Å²) in [5.41, 5.74) is 0. The Morgan fingerprint density at radius 3 is 2.37 bits per heavy atom. The maximum Gasteiger partial charge on any atom is 0.236 e. The van der Waals surface area contributed by atoms with Crippen LogP contribution < -0.4 is 4.90 Å². The van der Waals surface area contributed by atoms with E-state index in [9.17, 15) is 4.79 Å². The summed E-state index contributed by atoms with van der Waals surface area (Å²) in [5.74, 6) is 2.61. The minimum Gasteiger partial charge on any atom is -0.353 e. The standard InChI is InChI=1S/C19H27N7O/c1-16-5-9-25(10-6-16)19(27)15-23-11-13-24(14-12-23)17-3-4-18(22-21-17)26-8-2-7-20-26/h2-4,7-8,16H,5-6,9-15H2,1H3.